The van der Waals surface area contributed by atoms with Gasteiger partial charge in [0.05, 0.1) is 17.4 Å². The molecule has 17 heavy (non-hydrogen) atoms. The number of hydrogen-bond donors (Lipinski definition) is 0. The second-order valence-electron chi connectivity index (χ2n) is 3.11. The van der Waals surface area contributed by atoms with E-state index in [9.17, 15) is 9.35 Å². The average Bonchev–Trinajstić information content (AvgIpc) is 2.87. The third-order valence-electron chi connectivity index (χ3n) is 1.94. The molecule has 1 atom stereocenters. The van der Waals surface area contributed by atoms with Gasteiger partial charge in [0.2, 0.25) is 10.6 Å². The number of nitrogens with zero attached hydrogens (tertiary/aromatic N) is 3. The van der Waals surface area contributed by atoms with Gasteiger partial charge < -0.3 is 4.55 Å². The molecule has 0 aliphatic heterocycles. The molecule has 0 aliphatic carbocycles. The highest BCUT2D eigenvalue weighted by Crippen LogP contribution is 2.28. The van der Waals surface area contributed by atoms with Gasteiger partial charge in [0, 0.05) is 19.3 Å². The Kier molecular flexibility index (Phi) is 3.72. The standard InChI is InChI=1S/C10H9N3O2S2/c1-13(7-14)10-12-6-9(16-10)17(15)8-4-2-3-5-11-8/h2-7H,1H3. The maximum atomic E-state index is 12.1. The third kappa shape index (κ3) is 2.63. The normalized spacial score (nSPS) is 12.1. The van der Waals surface area contributed by atoms with Crippen molar-refractivity contribution < 1.29 is 9.35 Å². The number of aromatic nitrogens is 2. The number of rotatable bonds is 4. The number of thiazole rings is 1. The van der Waals surface area contributed by atoms with Crippen molar-refractivity contribution >= 4 is 34.1 Å². The largest absolute Gasteiger partial charge is 0.605 e. The first-order valence-corrected chi connectivity index (χ1v) is 6.66. The summed E-state index contributed by atoms with van der Waals surface area (Å²) < 4.78 is 12.7. The Morgan fingerprint density at radius 3 is 2.94 bits per heavy atom. The molecule has 2 aromatic heterocycles. The molecule has 2 heterocycles. The molecule has 88 valence electrons. The molecule has 0 aliphatic rings. The predicted molar refractivity (Wildman–Crippen MR) is 65.5 cm³/mol. The van der Waals surface area contributed by atoms with E-state index in [-0.39, 0.29) is 0 Å². The van der Waals surface area contributed by atoms with Crippen molar-refractivity contribution in [1.82, 2.24) is 9.97 Å². The second kappa shape index (κ2) is 5.26. The highest BCUT2D eigenvalue weighted by atomic mass is 32.2. The second-order valence-corrected chi connectivity index (χ2v) is 5.78. The van der Waals surface area contributed by atoms with Crippen molar-refractivity contribution in [2.75, 3.05) is 11.9 Å². The SMILES string of the molecule is CN(C=O)c1ncc([S+]([O-])c2ccccn2)s1. The van der Waals surface area contributed by atoms with Crippen LogP contribution in [0.3, 0.4) is 0 Å². The molecule has 2 rings (SSSR count). The van der Waals surface area contributed by atoms with Gasteiger partial charge in [0.15, 0.2) is 5.13 Å². The Morgan fingerprint density at radius 2 is 2.29 bits per heavy atom. The van der Waals surface area contributed by atoms with E-state index in [4.69, 9.17) is 0 Å². The number of anilines is 1. The number of carbonyl (C=O) groups is 1. The van der Waals surface area contributed by atoms with Crippen LogP contribution in [0, 0.1) is 0 Å². The minimum atomic E-state index is -1.34. The Balaban J connectivity index is 2.23. The lowest BCUT2D eigenvalue weighted by molar-refractivity contribution is -0.107. The minimum Gasteiger partial charge on any atom is -0.605 e. The fourth-order valence-corrected chi connectivity index (χ4v) is 3.18. The van der Waals surface area contributed by atoms with Crippen LogP contribution in [0.25, 0.3) is 0 Å². The molecule has 0 bridgehead atoms. The molecule has 0 radical (unpaired) electrons. The summed E-state index contributed by atoms with van der Waals surface area (Å²) in [6.45, 7) is 0. The number of pyridine rings is 1. The van der Waals surface area contributed by atoms with Crippen molar-refractivity contribution in [2.24, 2.45) is 0 Å². The minimum absolute atomic E-state index is 0.483. The highest BCUT2D eigenvalue weighted by molar-refractivity contribution is 7.93. The summed E-state index contributed by atoms with van der Waals surface area (Å²) in [5, 5.41) is 0.996. The fourth-order valence-electron chi connectivity index (χ4n) is 1.10. The van der Waals surface area contributed by atoms with Gasteiger partial charge in [0.25, 0.3) is 5.03 Å². The molecule has 0 fully saturated rings. The monoisotopic (exact) mass is 267 g/mol. The van der Waals surface area contributed by atoms with E-state index >= 15 is 0 Å². The smallest absolute Gasteiger partial charge is 0.251 e. The van der Waals surface area contributed by atoms with Crippen molar-refractivity contribution in [3.8, 4) is 0 Å². The van der Waals surface area contributed by atoms with Crippen LogP contribution >= 0.6 is 11.3 Å². The van der Waals surface area contributed by atoms with E-state index in [0.717, 1.165) is 0 Å². The first-order valence-electron chi connectivity index (χ1n) is 4.69. The molecule has 2 aromatic rings. The summed E-state index contributed by atoms with van der Waals surface area (Å²) in [5.41, 5.74) is 0. The van der Waals surface area contributed by atoms with Crippen molar-refractivity contribution in [3.05, 3.63) is 30.6 Å². The third-order valence-corrected chi connectivity index (χ3v) is 4.62. The van der Waals surface area contributed by atoms with E-state index in [0.29, 0.717) is 20.8 Å². The maximum absolute atomic E-state index is 12.1. The lowest BCUT2D eigenvalue weighted by atomic mass is 10.5. The first-order chi connectivity index (χ1) is 8.22. The van der Waals surface area contributed by atoms with E-state index < -0.39 is 11.2 Å². The zero-order valence-corrected chi connectivity index (χ0v) is 10.6. The summed E-state index contributed by atoms with van der Waals surface area (Å²) in [4.78, 5) is 19.9. The molecular formula is C10H9N3O2S2. The molecule has 0 N–H and O–H groups in total. The lowest BCUT2D eigenvalue weighted by Crippen LogP contribution is -2.12. The Hall–Kier alpha value is -1.44. The Labute approximate surface area is 105 Å². The summed E-state index contributed by atoms with van der Waals surface area (Å²) in [6, 6.07) is 5.23. The molecule has 0 saturated carbocycles. The average molecular weight is 267 g/mol. The Bertz CT molecular complexity index is 503. The molecule has 0 spiro atoms. The van der Waals surface area contributed by atoms with Gasteiger partial charge in [-0.15, -0.1) is 0 Å². The van der Waals surface area contributed by atoms with Crippen molar-refractivity contribution in [1.29, 1.82) is 0 Å². The number of amides is 1. The van der Waals surface area contributed by atoms with Crippen LogP contribution in [-0.4, -0.2) is 28.0 Å². The number of hydrogen-bond acceptors (Lipinski definition) is 5. The van der Waals surface area contributed by atoms with Crippen LogP contribution in [-0.2, 0) is 16.0 Å². The van der Waals surface area contributed by atoms with Gasteiger partial charge in [-0.05, 0) is 17.4 Å². The summed E-state index contributed by atoms with van der Waals surface area (Å²) in [7, 11) is 1.60. The molecule has 0 aromatic carbocycles. The van der Waals surface area contributed by atoms with Crippen LogP contribution in [0.1, 0.15) is 0 Å². The fraction of sp³-hybridized carbons (Fsp3) is 0.100. The quantitative estimate of drug-likeness (QED) is 0.618. The van der Waals surface area contributed by atoms with Crippen LogP contribution in [0.5, 0.6) is 0 Å². The molecule has 5 nitrogen and oxygen atoms in total. The van der Waals surface area contributed by atoms with Gasteiger partial charge in [0.1, 0.15) is 0 Å². The van der Waals surface area contributed by atoms with Gasteiger partial charge in [-0.3, -0.25) is 9.69 Å². The molecule has 7 heteroatoms. The van der Waals surface area contributed by atoms with Gasteiger partial charge >= 0.3 is 0 Å². The molecule has 0 saturated heterocycles. The van der Waals surface area contributed by atoms with E-state index in [1.54, 1.807) is 31.4 Å². The van der Waals surface area contributed by atoms with Crippen molar-refractivity contribution in [2.45, 2.75) is 9.24 Å². The van der Waals surface area contributed by atoms with Crippen LogP contribution in [0.4, 0.5) is 5.13 Å². The molecular weight excluding hydrogens is 258 g/mol. The summed E-state index contributed by atoms with van der Waals surface area (Å²) >= 11 is -0.130. The van der Waals surface area contributed by atoms with E-state index in [1.807, 2.05) is 0 Å². The van der Waals surface area contributed by atoms with E-state index in [2.05, 4.69) is 9.97 Å². The van der Waals surface area contributed by atoms with Crippen LogP contribution in [0.2, 0.25) is 0 Å². The van der Waals surface area contributed by atoms with Gasteiger partial charge in [-0.1, -0.05) is 6.07 Å². The predicted octanol–water partition coefficient (Wildman–Crippen LogP) is 1.30. The summed E-state index contributed by atoms with van der Waals surface area (Å²) in [5.74, 6) is 0. The molecule has 1 amide bonds. The van der Waals surface area contributed by atoms with Crippen LogP contribution in [0.15, 0.2) is 39.8 Å². The van der Waals surface area contributed by atoms with Gasteiger partial charge in [-0.2, -0.15) is 0 Å². The molecule has 1 unspecified atom stereocenters. The lowest BCUT2D eigenvalue weighted by Gasteiger charge is -2.05. The zero-order chi connectivity index (χ0) is 12.3. The maximum Gasteiger partial charge on any atom is 0.251 e. The van der Waals surface area contributed by atoms with E-state index in [1.165, 1.54) is 22.4 Å². The van der Waals surface area contributed by atoms with Crippen molar-refractivity contribution in [3.63, 3.8) is 0 Å². The number of carbonyl (C=O) groups excluding carboxylic acids is 1. The zero-order valence-electron chi connectivity index (χ0n) is 8.94. The highest BCUT2D eigenvalue weighted by Gasteiger charge is 2.20. The first kappa shape index (κ1) is 12.0. The summed E-state index contributed by atoms with van der Waals surface area (Å²) in [6.07, 6.45) is 3.75. The Morgan fingerprint density at radius 1 is 1.47 bits per heavy atom. The topological polar surface area (TPSA) is 69.2 Å². The van der Waals surface area contributed by atoms with Gasteiger partial charge in [-0.25, -0.2) is 9.97 Å². The van der Waals surface area contributed by atoms with Crippen LogP contribution < -0.4 is 4.90 Å².